The molecule has 0 bridgehead atoms. The van der Waals surface area contributed by atoms with Crippen LogP contribution in [-0.4, -0.2) is 37.0 Å². The fraction of sp³-hybridized carbons (Fsp3) is 0.250. The molecule has 1 aliphatic heterocycles. The van der Waals surface area contributed by atoms with E-state index in [0.29, 0.717) is 12.8 Å². The smallest absolute Gasteiger partial charge is 0.330 e. The van der Waals surface area contributed by atoms with Crippen molar-refractivity contribution in [1.29, 1.82) is 0 Å². The molecule has 146 valence electrons. The number of carboxylic acid groups (broad SMARTS) is 1. The Morgan fingerprint density at radius 3 is 2.61 bits per heavy atom. The Hall–Kier alpha value is -3.42. The van der Waals surface area contributed by atoms with Crippen molar-refractivity contribution in [2.75, 3.05) is 19.1 Å². The van der Waals surface area contributed by atoms with Gasteiger partial charge in [0.1, 0.15) is 0 Å². The first-order valence-corrected chi connectivity index (χ1v) is 8.58. The van der Waals surface area contributed by atoms with Gasteiger partial charge in [-0.1, -0.05) is 6.07 Å². The number of aliphatic carboxylic acids is 1. The zero-order valence-electron chi connectivity index (χ0n) is 15.4. The number of benzene rings is 2. The summed E-state index contributed by atoms with van der Waals surface area (Å²) in [6.07, 6.45) is 0.850. The van der Waals surface area contributed by atoms with Gasteiger partial charge in [-0.2, -0.15) is 0 Å². The molecular weight excluding hydrogens is 367 g/mol. The number of carbonyl (C=O) groups excluding carboxylic acids is 2. The molecule has 1 atom stereocenters. The Morgan fingerprint density at radius 1 is 1.21 bits per heavy atom. The lowest BCUT2D eigenvalue weighted by Gasteiger charge is -2.26. The van der Waals surface area contributed by atoms with Crippen molar-refractivity contribution in [2.24, 2.45) is 0 Å². The Bertz CT molecular complexity index is 960. The van der Waals surface area contributed by atoms with Gasteiger partial charge < -0.3 is 20.1 Å². The minimum absolute atomic E-state index is 0.00262. The number of nitrogens with one attached hydrogen (secondary N) is 1. The Kier molecular flexibility index (Phi) is 5.30. The molecule has 1 unspecified atom stereocenters. The number of anilines is 1. The molecule has 0 radical (unpaired) electrons. The highest BCUT2D eigenvalue weighted by Gasteiger charge is 2.26. The van der Waals surface area contributed by atoms with Gasteiger partial charge in [-0.05, 0) is 47.9 Å². The lowest BCUT2D eigenvalue weighted by molar-refractivity contribution is -0.139. The molecule has 7 nitrogen and oxygen atoms in total. The van der Waals surface area contributed by atoms with Crippen LogP contribution >= 0.6 is 0 Å². The van der Waals surface area contributed by atoms with Crippen molar-refractivity contribution in [3.63, 3.8) is 0 Å². The van der Waals surface area contributed by atoms with Crippen LogP contribution < -0.4 is 15.0 Å². The van der Waals surface area contributed by atoms with Crippen LogP contribution in [0.15, 0.2) is 36.4 Å². The number of amides is 2. The van der Waals surface area contributed by atoms with E-state index in [2.05, 4.69) is 5.32 Å². The van der Waals surface area contributed by atoms with Crippen LogP contribution in [0.5, 0.6) is 5.75 Å². The molecule has 28 heavy (non-hydrogen) atoms. The molecule has 0 saturated carbocycles. The summed E-state index contributed by atoms with van der Waals surface area (Å²) in [5, 5.41) is 11.9. The average molecular weight is 386 g/mol. The van der Waals surface area contributed by atoms with Crippen LogP contribution in [0.2, 0.25) is 0 Å². The zero-order chi connectivity index (χ0) is 20.4. The number of aryl methyl sites for hydroxylation is 1. The van der Waals surface area contributed by atoms with Crippen molar-refractivity contribution in [1.82, 2.24) is 5.32 Å². The predicted octanol–water partition coefficient (Wildman–Crippen LogP) is 2.30. The van der Waals surface area contributed by atoms with Crippen molar-refractivity contribution in [3.8, 4) is 5.75 Å². The molecular formula is C20H19FN2O5. The van der Waals surface area contributed by atoms with E-state index < -0.39 is 23.7 Å². The number of carbonyl (C=O) groups is 3. The third-order valence-corrected chi connectivity index (χ3v) is 4.72. The van der Waals surface area contributed by atoms with Gasteiger partial charge >= 0.3 is 5.97 Å². The number of hydrogen-bond acceptors (Lipinski definition) is 4. The summed E-state index contributed by atoms with van der Waals surface area (Å²) in [7, 11) is 2.97. The highest BCUT2D eigenvalue weighted by Crippen LogP contribution is 2.28. The second kappa shape index (κ2) is 7.67. The molecule has 1 heterocycles. The van der Waals surface area contributed by atoms with E-state index >= 15 is 0 Å². The number of fused-ring (bicyclic) bond motifs is 1. The first kappa shape index (κ1) is 19.3. The first-order valence-electron chi connectivity index (χ1n) is 8.58. The van der Waals surface area contributed by atoms with E-state index in [-0.39, 0.29) is 22.8 Å². The zero-order valence-corrected chi connectivity index (χ0v) is 15.4. The third-order valence-electron chi connectivity index (χ3n) is 4.72. The number of ether oxygens (including phenoxy) is 1. The van der Waals surface area contributed by atoms with Crippen LogP contribution in [0, 0.1) is 5.82 Å². The van der Waals surface area contributed by atoms with Gasteiger partial charge in [0, 0.05) is 24.7 Å². The molecule has 8 heteroatoms. The monoisotopic (exact) mass is 386 g/mol. The minimum Gasteiger partial charge on any atom is -0.494 e. The molecule has 0 saturated heterocycles. The van der Waals surface area contributed by atoms with Crippen LogP contribution in [0.25, 0.3) is 0 Å². The first-order chi connectivity index (χ1) is 13.3. The van der Waals surface area contributed by atoms with Gasteiger partial charge in [0.2, 0.25) is 5.91 Å². The molecule has 0 aromatic heterocycles. The minimum atomic E-state index is -1.42. The molecule has 2 N–H and O–H groups in total. The molecule has 2 aromatic rings. The van der Waals surface area contributed by atoms with Crippen LogP contribution in [0.4, 0.5) is 10.1 Å². The van der Waals surface area contributed by atoms with E-state index in [0.717, 1.165) is 17.3 Å². The number of methoxy groups -OCH3 is 1. The fourth-order valence-electron chi connectivity index (χ4n) is 3.16. The maximum absolute atomic E-state index is 13.9. The van der Waals surface area contributed by atoms with E-state index in [1.54, 1.807) is 19.2 Å². The van der Waals surface area contributed by atoms with Crippen LogP contribution in [0.3, 0.4) is 0 Å². The highest BCUT2D eigenvalue weighted by atomic mass is 19.1. The Morgan fingerprint density at radius 2 is 1.96 bits per heavy atom. The molecule has 0 fully saturated rings. The summed E-state index contributed by atoms with van der Waals surface area (Å²) in [6, 6.07) is 7.11. The van der Waals surface area contributed by atoms with Crippen LogP contribution in [-0.2, 0) is 16.0 Å². The van der Waals surface area contributed by atoms with E-state index in [1.807, 2.05) is 0 Å². The summed E-state index contributed by atoms with van der Waals surface area (Å²) < 4.78 is 18.8. The fourth-order valence-corrected chi connectivity index (χ4v) is 3.16. The second-order valence-electron chi connectivity index (χ2n) is 6.43. The second-order valence-corrected chi connectivity index (χ2v) is 6.43. The molecule has 0 aliphatic carbocycles. The van der Waals surface area contributed by atoms with Crippen molar-refractivity contribution >= 4 is 23.5 Å². The van der Waals surface area contributed by atoms with Crippen LogP contribution in [0.1, 0.15) is 33.9 Å². The lowest BCUT2D eigenvalue weighted by atomic mass is 9.98. The SMILES string of the molecule is COc1ccc(C(NC(=O)c2ccc3c(c2)CCC(=O)N3C)C(=O)O)cc1F. The Labute approximate surface area is 160 Å². The predicted molar refractivity (Wildman–Crippen MR) is 99.0 cm³/mol. The summed E-state index contributed by atoms with van der Waals surface area (Å²) in [4.78, 5) is 37.5. The summed E-state index contributed by atoms with van der Waals surface area (Å²) in [6.45, 7) is 0. The van der Waals surface area contributed by atoms with Crippen molar-refractivity contribution in [3.05, 3.63) is 58.9 Å². The van der Waals surface area contributed by atoms with Crippen molar-refractivity contribution < 1.29 is 28.6 Å². The average Bonchev–Trinajstić information content (AvgIpc) is 2.68. The van der Waals surface area contributed by atoms with Gasteiger partial charge in [-0.3, -0.25) is 9.59 Å². The van der Waals surface area contributed by atoms with Gasteiger partial charge in [0.25, 0.3) is 5.91 Å². The topological polar surface area (TPSA) is 95.9 Å². The number of nitrogens with zero attached hydrogens (tertiary/aromatic N) is 1. The molecule has 3 rings (SSSR count). The largest absolute Gasteiger partial charge is 0.494 e. The molecule has 2 amide bonds. The number of hydrogen-bond donors (Lipinski definition) is 2. The molecule has 1 aliphatic rings. The normalized spacial score (nSPS) is 14.2. The maximum atomic E-state index is 13.9. The summed E-state index contributed by atoms with van der Waals surface area (Å²) in [5.41, 5.74) is 1.90. The Balaban J connectivity index is 1.85. The van der Waals surface area contributed by atoms with Gasteiger partial charge in [0.15, 0.2) is 17.6 Å². The number of halogens is 1. The van der Waals surface area contributed by atoms with E-state index in [9.17, 15) is 23.9 Å². The van der Waals surface area contributed by atoms with Gasteiger partial charge in [-0.15, -0.1) is 0 Å². The lowest BCUT2D eigenvalue weighted by Crippen LogP contribution is -2.34. The summed E-state index contributed by atoms with van der Waals surface area (Å²) >= 11 is 0. The standard InChI is InChI=1S/C20H19FN2O5/c1-23-15-6-3-13(9-11(15)5-8-17(23)24)19(25)22-18(20(26)27)12-4-7-16(28-2)14(21)10-12/h3-4,6-7,9-10,18H,5,8H2,1-2H3,(H,22,25)(H,26,27). The molecule has 2 aromatic carbocycles. The highest BCUT2D eigenvalue weighted by molar-refractivity contribution is 6.00. The van der Waals surface area contributed by atoms with E-state index in [4.69, 9.17) is 4.74 Å². The quantitative estimate of drug-likeness (QED) is 0.822. The number of carboxylic acids is 1. The van der Waals surface area contributed by atoms with Gasteiger partial charge in [0.05, 0.1) is 7.11 Å². The maximum Gasteiger partial charge on any atom is 0.330 e. The molecule has 0 spiro atoms. The third kappa shape index (κ3) is 3.66. The van der Waals surface area contributed by atoms with E-state index in [1.165, 1.54) is 30.2 Å². The number of rotatable bonds is 5. The van der Waals surface area contributed by atoms with Gasteiger partial charge in [-0.25, -0.2) is 9.18 Å². The van der Waals surface area contributed by atoms with Crippen molar-refractivity contribution in [2.45, 2.75) is 18.9 Å². The summed E-state index contributed by atoms with van der Waals surface area (Å²) in [5.74, 6) is -2.67.